The quantitative estimate of drug-likeness (QED) is 0.146. The van der Waals surface area contributed by atoms with E-state index in [0.717, 1.165) is 22.5 Å². The second kappa shape index (κ2) is 11.2. The Labute approximate surface area is 231 Å². The van der Waals surface area contributed by atoms with Gasteiger partial charge in [0.1, 0.15) is 5.75 Å². The normalized spacial score (nSPS) is 15.6. The Morgan fingerprint density at radius 1 is 1.03 bits per heavy atom. The van der Waals surface area contributed by atoms with E-state index in [0.29, 0.717) is 20.7 Å². The molecular formula is C28H20ClN3O4S2. The van der Waals surface area contributed by atoms with Crippen LogP contribution >= 0.6 is 34.7 Å². The monoisotopic (exact) mass is 561 g/mol. The van der Waals surface area contributed by atoms with E-state index in [2.05, 4.69) is 10.2 Å². The Balaban J connectivity index is 1.47. The number of carbonyl (C=O) groups is 2. The van der Waals surface area contributed by atoms with E-state index in [9.17, 15) is 19.8 Å². The second-order valence-electron chi connectivity index (χ2n) is 8.27. The fourth-order valence-electron chi connectivity index (χ4n) is 4.00. The van der Waals surface area contributed by atoms with E-state index in [4.69, 9.17) is 11.6 Å². The summed E-state index contributed by atoms with van der Waals surface area (Å²) in [5.74, 6) is -1.46. The summed E-state index contributed by atoms with van der Waals surface area (Å²) in [7, 11) is 0. The molecule has 2 N–H and O–H groups in total. The number of nitrogens with zero attached hydrogens (tertiary/aromatic N) is 3. The minimum atomic E-state index is -1.00. The number of aromatic hydroxyl groups is 1. The first kappa shape index (κ1) is 25.7. The van der Waals surface area contributed by atoms with Gasteiger partial charge in [-0.2, -0.15) is 0 Å². The van der Waals surface area contributed by atoms with E-state index in [1.807, 2.05) is 54.6 Å². The van der Waals surface area contributed by atoms with Crippen molar-refractivity contribution in [1.29, 1.82) is 0 Å². The van der Waals surface area contributed by atoms with Crippen molar-refractivity contribution in [2.75, 3.05) is 4.90 Å². The summed E-state index contributed by atoms with van der Waals surface area (Å²) in [6, 6.07) is 21.9. The first-order valence-electron chi connectivity index (χ1n) is 11.4. The molecule has 0 saturated carbocycles. The van der Waals surface area contributed by atoms with Gasteiger partial charge < -0.3 is 10.2 Å². The summed E-state index contributed by atoms with van der Waals surface area (Å²) in [4.78, 5) is 27.9. The number of hydrogen-bond donors (Lipinski definition) is 2. The lowest BCUT2D eigenvalue weighted by Gasteiger charge is -2.23. The van der Waals surface area contributed by atoms with Crippen LogP contribution in [0.2, 0.25) is 5.02 Å². The van der Waals surface area contributed by atoms with Crippen LogP contribution in [-0.4, -0.2) is 32.1 Å². The number of allylic oxidation sites excluding steroid dienone is 1. The van der Waals surface area contributed by atoms with E-state index < -0.39 is 23.5 Å². The van der Waals surface area contributed by atoms with Gasteiger partial charge in [-0.3, -0.25) is 14.5 Å². The summed E-state index contributed by atoms with van der Waals surface area (Å²) < 4.78 is 0.589. The number of rotatable bonds is 8. The van der Waals surface area contributed by atoms with E-state index >= 15 is 0 Å². The Morgan fingerprint density at radius 2 is 1.79 bits per heavy atom. The van der Waals surface area contributed by atoms with Gasteiger partial charge >= 0.3 is 0 Å². The molecule has 1 amide bonds. The number of amides is 1. The lowest BCUT2D eigenvalue weighted by molar-refractivity contribution is -0.117. The fraction of sp³-hybridized carbons (Fsp3) is 0.0714. The number of anilines is 1. The number of phenols is 1. The molecule has 1 aliphatic heterocycles. The molecule has 0 saturated heterocycles. The van der Waals surface area contributed by atoms with Crippen LogP contribution in [0.25, 0.3) is 6.08 Å². The predicted molar refractivity (Wildman–Crippen MR) is 149 cm³/mol. The number of thioether (sulfide) groups is 1. The number of benzene rings is 3. The molecule has 1 aliphatic rings. The molecule has 0 aliphatic carbocycles. The highest BCUT2D eigenvalue weighted by molar-refractivity contribution is 8.00. The molecule has 0 bridgehead atoms. The summed E-state index contributed by atoms with van der Waals surface area (Å²) in [6.45, 7) is 0. The number of halogens is 1. The topological polar surface area (TPSA) is 104 Å². The average Bonchev–Trinajstić information content (AvgIpc) is 3.49. The molecule has 4 aromatic rings. The first-order chi connectivity index (χ1) is 18.4. The highest BCUT2D eigenvalue weighted by atomic mass is 35.5. The van der Waals surface area contributed by atoms with Crippen LogP contribution < -0.4 is 4.90 Å². The zero-order valence-electron chi connectivity index (χ0n) is 19.7. The Bertz CT molecular complexity index is 1570. The smallest absolute Gasteiger partial charge is 0.296 e. The summed E-state index contributed by atoms with van der Waals surface area (Å²) in [5, 5.41) is 30.2. The molecule has 2 heterocycles. The van der Waals surface area contributed by atoms with E-state index in [-0.39, 0.29) is 16.5 Å². The van der Waals surface area contributed by atoms with Crippen LogP contribution in [-0.2, 0) is 15.3 Å². The minimum Gasteiger partial charge on any atom is -0.508 e. The molecule has 190 valence electrons. The third kappa shape index (κ3) is 5.35. The van der Waals surface area contributed by atoms with Gasteiger partial charge in [-0.1, -0.05) is 101 Å². The number of aliphatic hydroxyl groups is 1. The zero-order valence-corrected chi connectivity index (χ0v) is 22.1. The highest BCUT2D eigenvalue weighted by Crippen LogP contribution is 2.44. The fourth-order valence-corrected chi connectivity index (χ4v) is 6.16. The SMILES string of the molecule is O=C(/C=C/c1ccccc1)C1=C(O)C(=O)N(c2nnc(SCc3ccccc3Cl)s2)C1c1cccc(O)c1. The zero-order chi connectivity index (χ0) is 26.6. The maximum Gasteiger partial charge on any atom is 0.296 e. The van der Waals surface area contributed by atoms with Crippen molar-refractivity contribution in [1.82, 2.24) is 10.2 Å². The van der Waals surface area contributed by atoms with Crippen LogP contribution in [0.5, 0.6) is 5.75 Å². The van der Waals surface area contributed by atoms with Gasteiger partial charge in [0.2, 0.25) is 5.13 Å². The Kier molecular flexibility index (Phi) is 7.59. The lowest BCUT2D eigenvalue weighted by atomic mass is 9.95. The molecule has 10 heteroatoms. The summed E-state index contributed by atoms with van der Waals surface area (Å²) in [5.41, 5.74) is 2.07. The van der Waals surface area contributed by atoms with Gasteiger partial charge in [0.25, 0.3) is 5.91 Å². The minimum absolute atomic E-state index is 0.0406. The van der Waals surface area contributed by atoms with Crippen LogP contribution in [0.15, 0.2) is 101 Å². The molecule has 0 fully saturated rings. The third-order valence-corrected chi connectivity index (χ3v) is 8.27. The molecule has 1 atom stereocenters. The van der Waals surface area contributed by atoms with Gasteiger partial charge in [0, 0.05) is 10.8 Å². The summed E-state index contributed by atoms with van der Waals surface area (Å²) in [6.07, 6.45) is 2.93. The van der Waals surface area contributed by atoms with Gasteiger partial charge in [-0.05, 0) is 41.0 Å². The molecule has 1 aromatic heterocycles. The van der Waals surface area contributed by atoms with Gasteiger partial charge in [-0.25, -0.2) is 0 Å². The first-order valence-corrected chi connectivity index (χ1v) is 13.6. The molecule has 0 spiro atoms. The molecule has 0 radical (unpaired) electrons. The number of hydrogen-bond acceptors (Lipinski definition) is 8. The predicted octanol–water partition coefficient (Wildman–Crippen LogP) is 6.37. The van der Waals surface area contributed by atoms with Crippen molar-refractivity contribution in [2.45, 2.75) is 16.1 Å². The highest BCUT2D eigenvalue weighted by Gasteiger charge is 2.45. The van der Waals surface area contributed by atoms with E-state index in [1.54, 1.807) is 18.2 Å². The molecule has 7 nitrogen and oxygen atoms in total. The number of carbonyl (C=O) groups excluding carboxylic acids is 2. The van der Waals surface area contributed by atoms with E-state index in [1.165, 1.54) is 34.9 Å². The van der Waals surface area contributed by atoms with Gasteiger partial charge in [0.15, 0.2) is 15.9 Å². The van der Waals surface area contributed by atoms with Crippen LogP contribution in [0.4, 0.5) is 5.13 Å². The van der Waals surface area contributed by atoms with Crippen LogP contribution in [0, 0.1) is 0 Å². The van der Waals surface area contributed by atoms with Crippen molar-refractivity contribution >= 4 is 57.6 Å². The number of aliphatic hydroxyl groups excluding tert-OH is 1. The Morgan fingerprint density at radius 3 is 2.55 bits per heavy atom. The molecule has 5 rings (SSSR count). The largest absolute Gasteiger partial charge is 0.508 e. The maximum atomic E-state index is 13.3. The number of ketones is 1. The molecule has 3 aromatic carbocycles. The van der Waals surface area contributed by atoms with Gasteiger partial charge in [-0.15, -0.1) is 10.2 Å². The molecular weight excluding hydrogens is 542 g/mol. The Hall–Kier alpha value is -3.92. The summed E-state index contributed by atoms with van der Waals surface area (Å²) >= 11 is 8.83. The second-order valence-corrected chi connectivity index (χ2v) is 10.9. The standard InChI is InChI=1S/C28H20ClN3O4S2/c29-21-12-5-4-9-19(21)16-37-28-31-30-27(38-28)32-24(18-10-6-11-20(33)15-18)23(25(35)26(32)36)22(34)14-13-17-7-2-1-3-8-17/h1-15,24,33,35H,16H2/b14-13+. The third-order valence-electron chi connectivity index (χ3n) is 5.80. The average molecular weight is 562 g/mol. The van der Waals surface area contributed by atoms with Crippen molar-refractivity contribution in [3.8, 4) is 5.75 Å². The van der Waals surface area contributed by atoms with Crippen molar-refractivity contribution in [3.63, 3.8) is 0 Å². The molecule has 1 unspecified atom stereocenters. The van der Waals surface area contributed by atoms with Crippen molar-refractivity contribution in [2.24, 2.45) is 0 Å². The van der Waals surface area contributed by atoms with Crippen LogP contribution in [0.1, 0.15) is 22.7 Å². The molecule has 38 heavy (non-hydrogen) atoms. The van der Waals surface area contributed by atoms with Gasteiger partial charge in [0.05, 0.1) is 11.6 Å². The maximum absolute atomic E-state index is 13.3. The number of aromatic nitrogens is 2. The lowest BCUT2D eigenvalue weighted by Crippen LogP contribution is -2.30. The number of phenolic OH excluding ortho intramolecular Hbond substituents is 1. The van der Waals surface area contributed by atoms with Crippen molar-refractivity contribution < 1.29 is 19.8 Å². The van der Waals surface area contributed by atoms with Crippen molar-refractivity contribution in [3.05, 3.63) is 118 Å². The van der Waals surface area contributed by atoms with Crippen LogP contribution in [0.3, 0.4) is 0 Å².